The van der Waals surface area contributed by atoms with Crippen LogP contribution in [0.2, 0.25) is 9.36 Å². The SMILES string of the molecule is Cc1cc(S(=O)(=O)Nc2cc(Cl)ccc2O)sc1Cl. The fraction of sp³-hybridized carbons (Fsp3) is 0.0909. The van der Waals surface area contributed by atoms with Crippen molar-refractivity contribution in [1.82, 2.24) is 0 Å². The van der Waals surface area contributed by atoms with Crippen LogP contribution in [0.1, 0.15) is 5.56 Å². The number of nitrogens with one attached hydrogen (secondary N) is 1. The molecular weight excluding hydrogens is 329 g/mol. The molecule has 0 unspecified atom stereocenters. The number of aromatic hydroxyl groups is 1. The van der Waals surface area contributed by atoms with Gasteiger partial charge < -0.3 is 5.11 Å². The molecule has 0 atom stereocenters. The van der Waals surface area contributed by atoms with Crippen molar-refractivity contribution in [1.29, 1.82) is 0 Å². The maximum atomic E-state index is 12.1. The molecule has 102 valence electrons. The average molecular weight is 338 g/mol. The third-order valence-electron chi connectivity index (χ3n) is 2.30. The molecule has 4 nitrogen and oxygen atoms in total. The van der Waals surface area contributed by atoms with Gasteiger partial charge in [-0.15, -0.1) is 11.3 Å². The molecule has 0 aliphatic rings. The molecule has 8 heteroatoms. The fourth-order valence-electron chi connectivity index (χ4n) is 1.35. The number of thiophene rings is 1. The van der Waals surface area contributed by atoms with Crippen molar-refractivity contribution < 1.29 is 13.5 Å². The minimum Gasteiger partial charge on any atom is -0.506 e. The van der Waals surface area contributed by atoms with Gasteiger partial charge in [-0.3, -0.25) is 4.72 Å². The lowest BCUT2D eigenvalue weighted by Gasteiger charge is -2.08. The molecule has 2 N–H and O–H groups in total. The second-order valence-corrected chi connectivity index (χ2v) is 7.79. The molecule has 0 aliphatic carbocycles. The highest BCUT2D eigenvalue weighted by Crippen LogP contribution is 2.33. The minimum absolute atomic E-state index is 0.0228. The van der Waals surface area contributed by atoms with Crippen LogP contribution in [0.3, 0.4) is 0 Å². The number of sulfonamides is 1. The Morgan fingerprint density at radius 3 is 2.53 bits per heavy atom. The Balaban J connectivity index is 2.39. The van der Waals surface area contributed by atoms with E-state index in [-0.39, 0.29) is 15.6 Å². The van der Waals surface area contributed by atoms with E-state index in [1.807, 2.05) is 0 Å². The summed E-state index contributed by atoms with van der Waals surface area (Å²) < 4.78 is 27.0. The van der Waals surface area contributed by atoms with Gasteiger partial charge in [0.05, 0.1) is 10.0 Å². The highest BCUT2D eigenvalue weighted by Gasteiger charge is 2.20. The summed E-state index contributed by atoms with van der Waals surface area (Å²) in [5, 5.41) is 9.91. The highest BCUT2D eigenvalue weighted by molar-refractivity contribution is 7.94. The molecule has 0 amide bonds. The van der Waals surface area contributed by atoms with Crippen LogP contribution in [0.5, 0.6) is 5.75 Å². The predicted molar refractivity (Wildman–Crippen MR) is 78.0 cm³/mol. The summed E-state index contributed by atoms with van der Waals surface area (Å²) in [5.74, 6) is -0.202. The van der Waals surface area contributed by atoms with Gasteiger partial charge in [0.25, 0.3) is 10.0 Å². The highest BCUT2D eigenvalue weighted by atomic mass is 35.5. The maximum absolute atomic E-state index is 12.1. The number of rotatable bonds is 3. The van der Waals surface area contributed by atoms with E-state index in [9.17, 15) is 13.5 Å². The summed E-state index contributed by atoms with van der Waals surface area (Å²) in [7, 11) is -3.79. The van der Waals surface area contributed by atoms with Gasteiger partial charge in [-0.05, 0) is 36.8 Å². The van der Waals surface area contributed by atoms with E-state index in [0.717, 1.165) is 11.3 Å². The summed E-state index contributed by atoms with van der Waals surface area (Å²) in [6, 6.07) is 5.57. The standard InChI is InChI=1S/C11H9Cl2NO3S2/c1-6-4-10(18-11(6)13)19(16,17)14-8-5-7(12)2-3-9(8)15/h2-5,14-15H,1H3. The number of hydrogen-bond donors (Lipinski definition) is 2. The lowest BCUT2D eigenvalue weighted by atomic mass is 10.3. The molecule has 0 spiro atoms. The molecule has 1 aromatic heterocycles. The Morgan fingerprint density at radius 1 is 1.26 bits per heavy atom. The molecule has 2 rings (SSSR count). The molecule has 1 heterocycles. The second-order valence-electron chi connectivity index (χ2n) is 3.79. The van der Waals surface area contributed by atoms with Crippen molar-refractivity contribution in [3.63, 3.8) is 0 Å². The van der Waals surface area contributed by atoms with Gasteiger partial charge in [0.1, 0.15) is 9.96 Å². The Morgan fingerprint density at radius 2 is 1.95 bits per heavy atom. The quantitative estimate of drug-likeness (QED) is 0.835. The van der Waals surface area contributed by atoms with Gasteiger partial charge in [0.15, 0.2) is 0 Å². The van der Waals surface area contributed by atoms with Crippen molar-refractivity contribution in [2.24, 2.45) is 0 Å². The predicted octanol–water partition coefficient (Wildman–Crippen LogP) is 3.87. The first-order valence-corrected chi connectivity index (χ1v) is 8.12. The van der Waals surface area contributed by atoms with Gasteiger partial charge in [-0.25, -0.2) is 8.42 Å². The first-order chi connectivity index (χ1) is 8.79. The molecule has 2 aromatic rings. The molecule has 0 aliphatic heterocycles. The molecule has 0 saturated carbocycles. The number of phenols is 1. The Kier molecular flexibility index (Phi) is 3.96. The van der Waals surface area contributed by atoms with Crippen molar-refractivity contribution in [2.75, 3.05) is 4.72 Å². The first kappa shape index (κ1) is 14.5. The number of phenolic OH excluding ortho intramolecular Hbond substituents is 1. The number of benzene rings is 1. The normalized spacial score (nSPS) is 11.5. The fourth-order valence-corrected chi connectivity index (χ4v) is 4.29. The summed E-state index contributed by atoms with van der Waals surface area (Å²) in [6.07, 6.45) is 0. The largest absolute Gasteiger partial charge is 0.506 e. The van der Waals surface area contributed by atoms with Crippen molar-refractivity contribution >= 4 is 50.2 Å². The maximum Gasteiger partial charge on any atom is 0.271 e. The number of anilines is 1. The number of halogens is 2. The molecule has 0 radical (unpaired) electrons. The van der Waals surface area contributed by atoms with E-state index < -0.39 is 10.0 Å². The molecule has 0 saturated heterocycles. The molecule has 0 bridgehead atoms. The monoisotopic (exact) mass is 337 g/mol. The van der Waals surface area contributed by atoms with Crippen molar-refractivity contribution in [3.8, 4) is 5.75 Å². The minimum atomic E-state index is -3.79. The lowest BCUT2D eigenvalue weighted by molar-refractivity contribution is 0.477. The third kappa shape index (κ3) is 3.14. The van der Waals surface area contributed by atoms with Gasteiger partial charge >= 0.3 is 0 Å². The van der Waals surface area contributed by atoms with Crippen LogP contribution in [0.15, 0.2) is 28.5 Å². The lowest BCUT2D eigenvalue weighted by Crippen LogP contribution is -2.11. The first-order valence-electron chi connectivity index (χ1n) is 5.07. The van der Waals surface area contributed by atoms with Crippen molar-refractivity contribution in [3.05, 3.63) is 39.2 Å². The molecule has 0 fully saturated rings. The molecule has 1 aromatic carbocycles. The molecular formula is C11H9Cl2NO3S2. The third-order valence-corrected chi connectivity index (χ3v) is 5.93. The van der Waals surface area contributed by atoms with E-state index in [0.29, 0.717) is 14.9 Å². The van der Waals surface area contributed by atoms with E-state index in [1.165, 1.54) is 24.3 Å². The van der Waals surface area contributed by atoms with E-state index in [2.05, 4.69) is 4.72 Å². The van der Waals surface area contributed by atoms with Gasteiger partial charge in [-0.2, -0.15) is 0 Å². The Hall–Kier alpha value is -0.950. The Labute approximate surface area is 124 Å². The van der Waals surface area contributed by atoms with Crippen LogP contribution in [-0.4, -0.2) is 13.5 Å². The van der Waals surface area contributed by atoms with Crippen LogP contribution in [0.25, 0.3) is 0 Å². The van der Waals surface area contributed by atoms with E-state index in [1.54, 1.807) is 6.92 Å². The molecule has 19 heavy (non-hydrogen) atoms. The van der Waals surface area contributed by atoms with Crippen LogP contribution in [0.4, 0.5) is 5.69 Å². The van der Waals surface area contributed by atoms with Crippen LogP contribution in [0, 0.1) is 6.92 Å². The van der Waals surface area contributed by atoms with Gasteiger partial charge in [-0.1, -0.05) is 23.2 Å². The van der Waals surface area contributed by atoms with Crippen LogP contribution in [-0.2, 0) is 10.0 Å². The van der Waals surface area contributed by atoms with Crippen molar-refractivity contribution in [2.45, 2.75) is 11.1 Å². The smallest absolute Gasteiger partial charge is 0.271 e. The summed E-state index contributed by atoms with van der Waals surface area (Å²) >= 11 is 12.6. The zero-order valence-electron chi connectivity index (χ0n) is 9.65. The second kappa shape index (κ2) is 5.20. The summed E-state index contributed by atoms with van der Waals surface area (Å²) in [4.78, 5) is 0. The number of hydrogen-bond acceptors (Lipinski definition) is 4. The average Bonchev–Trinajstić information content (AvgIpc) is 2.65. The van der Waals surface area contributed by atoms with E-state index >= 15 is 0 Å². The van der Waals surface area contributed by atoms with Crippen LogP contribution < -0.4 is 4.72 Å². The van der Waals surface area contributed by atoms with Gasteiger partial charge in [0.2, 0.25) is 0 Å². The van der Waals surface area contributed by atoms with Gasteiger partial charge in [0, 0.05) is 5.02 Å². The summed E-state index contributed by atoms with van der Waals surface area (Å²) in [5.41, 5.74) is 0.706. The topological polar surface area (TPSA) is 66.4 Å². The Bertz CT molecular complexity index is 706. The van der Waals surface area contributed by atoms with Crippen LogP contribution >= 0.6 is 34.5 Å². The van der Waals surface area contributed by atoms with E-state index in [4.69, 9.17) is 23.2 Å². The number of aryl methyl sites for hydroxylation is 1. The zero-order chi connectivity index (χ0) is 14.2. The summed E-state index contributed by atoms with van der Waals surface area (Å²) in [6.45, 7) is 1.72. The zero-order valence-corrected chi connectivity index (χ0v) is 12.8.